The molecule has 1 saturated heterocycles. The molecule has 3 amide bonds. The third-order valence-corrected chi connectivity index (χ3v) is 10.6. The first kappa shape index (κ1) is 30.8. The Balaban J connectivity index is 1.41. The molecule has 45 heavy (non-hydrogen) atoms. The molecule has 2 aliphatic heterocycles. The number of carbonyl (C=O) groups is 3. The number of para-hydroxylation sites is 2. The van der Waals surface area contributed by atoms with Gasteiger partial charge in [-0.1, -0.05) is 98.5 Å². The summed E-state index contributed by atoms with van der Waals surface area (Å²) in [6.07, 6.45) is -4.69. The number of alkyl halides is 3. The first-order valence-corrected chi connectivity index (χ1v) is 15.8. The van der Waals surface area contributed by atoms with Gasteiger partial charge in [-0.05, 0) is 40.8 Å². The Kier molecular flexibility index (Phi) is 7.77. The Bertz CT molecular complexity index is 1860. The summed E-state index contributed by atoms with van der Waals surface area (Å²) in [5.41, 5.74) is 0.677. The molecule has 3 aromatic carbocycles. The molecular weight excluding hydrogens is 624 g/mol. The fraction of sp³-hybridized carbons (Fsp3) is 0.273. The first-order valence-electron chi connectivity index (χ1n) is 14.2. The normalized spacial score (nSPS) is 19.8. The number of fused-ring (bicyclic) bond motifs is 2. The van der Waals surface area contributed by atoms with E-state index in [0.29, 0.717) is 15.6 Å². The van der Waals surface area contributed by atoms with Gasteiger partial charge in [0, 0.05) is 10.8 Å². The number of halogens is 3. The van der Waals surface area contributed by atoms with E-state index in [0.717, 1.165) is 46.4 Å². The maximum atomic E-state index is 14.0. The number of benzene rings is 3. The van der Waals surface area contributed by atoms with Crippen LogP contribution in [0.15, 0.2) is 88.7 Å². The maximum Gasteiger partial charge on any atom is 0.418 e. The lowest BCUT2D eigenvalue weighted by molar-refractivity contribution is -0.137. The second kappa shape index (κ2) is 11.3. The zero-order valence-corrected chi connectivity index (χ0v) is 26.1. The summed E-state index contributed by atoms with van der Waals surface area (Å²) in [7, 11) is 0. The average molecular weight is 652 g/mol. The van der Waals surface area contributed by atoms with Crippen LogP contribution < -0.4 is 15.1 Å². The van der Waals surface area contributed by atoms with Gasteiger partial charge in [-0.2, -0.15) is 13.2 Å². The molecule has 3 atom stereocenters. The van der Waals surface area contributed by atoms with Crippen LogP contribution in [0.25, 0.3) is 0 Å². The number of hydrogen-bond donors (Lipinski definition) is 1. The van der Waals surface area contributed by atoms with Gasteiger partial charge in [0.15, 0.2) is 0 Å². The van der Waals surface area contributed by atoms with E-state index >= 15 is 0 Å². The minimum absolute atomic E-state index is 0.135. The van der Waals surface area contributed by atoms with Gasteiger partial charge in [0.25, 0.3) is 0 Å². The minimum atomic E-state index is -4.69. The Morgan fingerprint density at radius 2 is 1.51 bits per heavy atom. The third-order valence-electron chi connectivity index (χ3n) is 8.01. The highest BCUT2D eigenvalue weighted by Gasteiger charge is 2.56. The van der Waals surface area contributed by atoms with Gasteiger partial charge in [0.1, 0.15) is 11.8 Å². The summed E-state index contributed by atoms with van der Waals surface area (Å²) in [6, 6.07) is 20.9. The number of amides is 3. The Hall–Kier alpha value is -4.16. The van der Waals surface area contributed by atoms with Crippen LogP contribution in [-0.2, 0) is 32.5 Å². The molecule has 232 valence electrons. The molecule has 0 saturated carbocycles. The molecule has 1 fully saturated rings. The van der Waals surface area contributed by atoms with Crippen molar-refractivity contribution in [1.29, 1.82) is 0 Å². The van der Waals surface area contributed by atoms with Crippen LogP contribution in [-0.4, -0.2) is 27.5 Å². The predicted octanol–water partition coefficient (Wildman–Crippen LogP) is 6.66. The summed E-state index contributed by atoms with van der Waals surface area (Å²) in [6.45, 7) is 5.67. The molecule has 2 aliphatic rings. The molecule has 1 aromatic heterocycles. The lowest BCUT2D eigenvalue weighted by atomic mass is 9.81. The van der Waals surface area contributed by atoms with Crippen molar-refractivity contribution in [1.82, 2.24) is 4.57 Å². The van der Waals surface area contributed by atoms with E-state index < -0.39 is 57.7 Å². The highest BCUT2D eigenvalue weighted by Crippen LogP contribution is 2.54. The average Bonchev–Trinajstić information content (AvgIpc) is 3.43. The zero-order chi connectivity index (χ0) is 32.3. The molecule has 0 bridgehead atoms. The van der Waals surface area contributed by atoms with Crippen LogP contribution in [0.5, 0.6) is 0 Å². The van der Waals surface area contributed by atoms with Crippen molar-refractivity contribution < 1.29 is 27.6 Å². The SMILES string of the molecule is CC(C)(C)c1ccc([C@H]2c3sc(=O)n(CC(=O)Nc4ccccc4C(F)(F)F)c3SC3C(=O)N(c4ccccc4)C(=O)C32)cc1. The quantitative estimate of drug-likeness (QED) is 0.244. The Morgan fingerprint density at radius 3 is 2.16 bits per heavy atom. The van der Waals surface area contributed by atoms with Gasteiger partial charge in [-0.15, -0.1) is 0 Å². The third kappa shape index (κ3) is 5.61. The van der Waals surface area contributed by atoms with Crippen molar-refractivity contribution >= 4 is 52.2 Å². The van der Waals surface area contributed by atoms with Gasteiger partial charge in [-0.25, -0.2) is 4.90 Å². The summed E-state index contributed by atoms with van der Waals surface area (Å²) in [4.78, 5) is 55.5. The van der Waals surface area contributed by atoms with E-state index in [2.05, 4.69) is 26.1 Å². The lowest BCUT2D eigenvalue weighted by Gasteiger charge is -2.31. The Labute approximate surface area is 265 Å². The van der Waals surface area contributed by atoms with Gasteiger partial charge in [-0.3, -0.25) is 23.7 Å². The van der Waals surface area contributed by atoms with Gasteiger partial charge in [0.2, 0.25) is 17.7 Å². The second-order valence-electron chi connectivity index (χ2n) is 12.0. The molecule has 2 unspecified atom stereocenters. The number of nitrogens with one attached hydrogen (secondary N) is 1. The van der Waals surface area contributed by atoms with E-state index in [1.807, 2.05) is 24.3 Å². The van der Waals surface area contributed by atoms with Crippen LogP contribution in [0.3, 0.4) is 0 Å². The fourth-order valence-corrected chi connectivity index (χ4v) is 8.58. The van der Waals surface area contributed by atoms with E-state index in [1.54, 1.807) is 30.3 Å². The van der Waals surface area contributed by atoms with Crippen LogP contribution in [0.2, 0.25) is 0 Å². The van der Waals surface area contributed by atoms with Crippen molar-refractivity contribution in [3.63, 3.8) is 0 Å². The number of hydrogen-bond acceptors (Lipinski definition) is 6. The van der Waals surface area contributed by atoms with E-state index in [4.69, 9.17) is 0 Å². The first-order chi connectivity index (χ1) is 21.3. The molecule has 7 nitrogen and oxygen atoms in total. The Morgan fingerprint density at radius 1 is 0.867 bits per heavy atom. The molecule has 0 aliphatic carbocycles. The van der Waals surface area contributed by atoms with Crippen LogP contribution in [0.1, 0.15) is 48.3 Å². The summed E-state index contributed by atoms with van der Waals surface area (Å²) in [5.74, 6) is -3.11. The van der Waals surface area contributed by atoms with Crippen molar-refractivity contribution in [2.45, 2.75) is 55.1 Å². The molecule has 12 heteroatoms. The van der Waals surface area contributed by atoms with Crippen molar-refractivity contribution in [3.05, 3.63) is 110 Å². The molecule has 0 radical (unpaired) electrons. The van der Waals surface area contributed by atoms with Crippen molar-refractivity contribution in [2.24, 2.45) is 5.92 Å². The van der Waals surface area contributed by atoms with E-state index in [-0.39, 0.29) is 11.3 Å². The minimum Gasteiger partial charge on any atom is -0.324 e. The molecule has 0 spiro atoms. The number of thiazole rings is 1. The largest absolute Gasteiger partial charge is 0.418 e. The van der Waals surface area contributed by atoms with Gasteiger partial charge < -0.3 is 5.32 Å². The second-order valence-corrected chi connectivity index (χ2v) is 14.1. The number of aromatic nitrogens is 1. The molecule has 1 N–H and O–H groups in total. The number of rotatable bonds is 5. The number of nitrogens with zero attached hydrogens (tertiary/aromatic N) is 2. The lowest BCUT2D eigenvalue weighted by Crippen LogP contribution is -2.33. The van der Waals surface area contributed by atoms with E-state index in [1.165, 1.54) is 21.6 Å². The highest BCUT2D eigenvalue weighted by atomic mass is 32.2. The van der Waals surface area contributed by atoms with Gasteiger partial charge >= 0.3 is 11.0 Å². The monoisotopic (exact) mass is 651 g/mol. The van der Waals surface area contributed by atoms with E-state index in [9.17, 15) is 32.3 Å². The van der Waals surface area contributed by atoms with Crippen molar-refractivity contribution in [3.8, 4) is 0 Å². The number of anilines is 2. The summed E-state index contributed by atoms with van der Waals surface area (Å²) >= 11 is 1.93. The molecule has 6 rings (SSSR count). The highest BCUT2D eigenvalue weighted by molar-refractivity contribution is 8.00. The number of carbonyl (C=O) groups excluding carboxylic acids is 3. The van der Waals surface area contributed by atoms with Crippen LogP contribution in [0, 0.1) is 5.92 Å². The number of thioether (sulfide) groups is 1. The van der Waals surface area contributed by atoms with Crippen molar-refractivity contribution in [2.75, 3.05) is 10.2 Å². The molecule has 3 heterocycles. The maximum absolute atomic E-state index is 14.0. The molecular formula is C33H28F3N3O4S2. The zero-order valence-electron chi connectivity index (χ0n) is 24.4. The van der Waals surface area contributed by atoms with Gasteiger partial charge in [0.05, 0.1) is 27.9 Å². The standard InChI is InChI=1S/C33H28F3N3O4S2/c1-32(2,3)19-15-13-18(14-16-19)24-25-26(29(42)39(28(25)41)20-9-5-4-6-10-20)44-30-27(24)45-31(43)38(30)17-23(40)37-22-12-8-7-11-21(22)33(34,35)36/h4-16,24-26H,17H2,1-3H3,(H,37,40)/t24-,25?,26?/m1/s1. The smallest absolute Gasteiger partial charge is 0.324 e. The topological polar surface area (TPSA) is 88.5 Å². The van der Waals surface area contributed by atoms with Crippen LogP contribution >= 0.6 is 23.1 Å². The predicted molar refractivity (Wildman–Crippen MR) is 168 cm³/mol. The molecule has 4 aromatic rings. The van der Waals surface area contributed by atoms with Crippen LogP contribution in [0.4, 0.5) is 24.5 Å². The fourth-order valence-electron chi connectivity index (χ4n) is 5.81. The summed E-state index contributed by atoms with van der Waals surface area (Å²) in [5, 5.41) is 1.76. The number of imide groups is 1. The summed E-state index contributed by atoms with van der Waals surface area (Å²) < 4.78 is 41.8.